The summed E-state index contributed by atoms with van der Waals surface area (Å²) >= 11 is 0. The molecule has 2 heterocycles. The number of nitrogens with one attached hydrogen (secondary N) is 2. The van der Waals surface area contributed by atoms with Crippen molar-refractivity contribution >= 4 is 11.8 Å². The first-order chi connectivity index (χ1) is 13.2. The molecule has 3 rings (SSSR count). The molecular weight excluding hydrogens is 340 g/mol. The average molecular weight is 360 g/mol. The second-order valence-electron chi connectivity index (χ2n) is 5.92. The Kier molecular flexibility index (Phi) is 6.25. The van der Waals surface area contributed by atoms with Crippen LogP contribution in [0.3, 0.4) is 0 Å². The highest BCUT2D eigenvalue weighted by molar-refractivity contribution is 6.05. The van der Waals surface area contributed by atoms with E-state index in [0.717, 1.165) is 11.4 Å². The van der Waals surface area contributed by atoms with Crippen LogP contribution >= 0.6 is 0 Å². The lowest BCUT2D eigenvalue weighted by Crippen LogP contribution is -2.39. The summed E-state index contributed by atoms with van der Waals surface area (Å²) in [6.07, 6.45) is 3.32. The number of hydrogen-bond donors (Lipinski definition) is 2. The van der Waals surface area contributed by atoms with Gasteiger partial charge < -0.3 is 10.6 Å². The van der Waals surface area contributed by atoms with Crippen molar-refractivity contribution in [1.82, 2.24) is 20.6 Å². The van der Waals surface area contributed by atoms with Crippen molar-refractivity contribution in [2.75, 3.05) is 0 Å². The van der Waals surface area contributed by atoms with Crippen molar-refractivity contribution < 1.29 is 9.59 Å². The molecule has 2 aromatic heterocycles. The molecule has 0 fully saturated rings. The van der Waals surface area contributed by atoms with Crippen molar-refractivity contribution in [2.45, 2.75) is 19.0 Å². The molecule has 0 unspecified atom stereocenters. The van der Waals surface area contributed by atoms with Crippen LogP contribution in [0, 0.1) is 0 Å². The Morgan fingerprint density at radius 2 is 1.19 bits per heavy atom. The Morgan fingerprint density at radius 3 is 1.63 bits per heavy atom. The largest absolute Gasteiger partial charge is 0.349 e. The van der Waals surface area contributed by atoms with Crippen LogP contribution in [-0.2, 0) is 22.7 Å². The number of nitrogens with zero attached hydrogens (tertiary/aromatic N) is 2. The number of carbonyl (C=O) groups is 2. The Balaban J connectivity index is 1.70. The van der Waals surface area contributed by atoms with Crippen LogP contribution in [0.1, 0.15) is 22.9 Å². The summed E-state index contributed by atoms with van der Waals surface area (Å²) in [6.45, 7) is 0.521. The number of pyridine rings is 2. The van der Waals surface area contributed by atoms with Crippen LogP contribution in [-0.4, -0.2) is 21.8 Å². The highest BCUT2D eigenvalue weighted by atomic mass is 16.2. The van der Waals surface area contributed by atoms with E-state index in [0.29, 0.717) is 5.56 Å². The highest BCUT2D eigenvalue weighted by Crippen LogP contribution is 2.16. The third-order valence-electron chi connectivity index (χ3n) is 4.00. The van der Waals surface area contributed by atoms with Gasteiger partial charge in [-0.05, 0) is 29.8 Å². The lowest BCUT2D eigenvalue weighted by Gasteiger charge is -2.17. The van der Waals surface area contributed by atoms with E-state index in [-0.39, 0.29) is 24.9 Å². The Morgan fingerprint density at radius 1 is 0.704 bits per heavy atom. The van der Waals surface area contributed by atoms with Crippen LogP contribution < -0.4 is 10.6 Å². The maximum absolute atomic E-state index is 12.8. The van der Waals surface area contributed by atoms with Gasteiger partial charge in [0, 0.05) is 12.4 Å². The number of hydrogen-bond acceptors (Lipinski definition) is 4. The lowest BCUT2D eigenvalue weighted by molar-refractivity contribution is -0.131. The van der Waals surface area contributed by atoms with E-state index in [2.05, 4.69) is 20.6 Å². The summed E-state index contributed by atoms with van der Waals surface area (Å²) in [4.78, 5) is 33.9. The molecule has 0 saturated carbocycles. The lowest BCUT2D eigenvalue weighted by atomic mass is 9.97. The molecule has 0 spiro atoms. The number of carbonyl (C=O) groups excluding carboxylic acids is 2. The van der Waals surface area contributed by atoms with Crippen molar-refractivity contribution in [1.29, 1.82) is 0 Å². The van der Waals surface area contributed by atoms with Gasteiger partial charge in [-0.25, -0.2) is 0 Å². The standard InChI is InChI=1S/C21H20N4O2/c26-20(24-14-17-10-4-6-12-22-17)19(16-8-2-1-3-9-16)21(27)25-15-18-11-5-7-13-23-18/h1-13,19H,14-15H2,(H,24,26)(H,25,27). The molecule has 1 aromatic carbocycles. The molecule has 0 aliphatic rings. The smallest absolute Gasteiger partial charge is 0.237 e. The summed E-state index contributed by atoms with van der Waals surface area (Å²) in [6, 6.07) is 19.9. The fraction of sp³-hybridized carbons (Fsp3) is 0.143. The van der Waals surface area contributed by atoms with Gasteiger partial charge in [-0.15, -0.1) is 0 Å². The quantitative estimate of drug-likeness (QED) is 0.633. The van der Waals surface area contributed by atoms with E-state index in [9.17, 15) is 9.59 Å². The molecule has 136 valence electrons. The molecule has 6 heteroatoms. The fourth-order valence-corrected chi connectivity index (χ4v) is 2.63. The van der Waals surface area contributed by atoms with Crippen LogP contribution in [0.15, 0.2) is 79.1 Å². The van der Waals surface area contributed by atoms with Crippen molar-refractivity contribution in [3.8, 4) is 0 Å². The van der Waals surface area contributed by atoms with Gasteiger partial charge in [0.15, 0.2) is 0 Å². The summed E-state index contributed by atoms with van der Waals surface area (Å²) in [7, 11) is 0. The monoisotopic (exact) mass is 360 g/mol. The predicted octanol–water partition coefficient (Wildman–Crippen LogP) is 2.19. The number of amides is 2. The minimum atomic E-state index is -0.946. The Hall–Kier alpha value is -3.54. The van der Waals surface area contributed by atoms with Crippen LogP contribution in [0.4, 0.5) is 0 Å². The molecule has 0 atom stereocenters. The van der Waals surface area contributed by atoms with Gasteiger partial charge in [0.1, 0.15) is 5.92 Å². The highest BCUT2D eigenvalue weighted by Gasteiger charge is 2.28. The van der Waals surface area contributed by atoms with E-state index >= 15 is 0 Å². The fourth-order valence-electron chi connectivity index (χ4n) is 2.63. The first-order valence-corrected chi connectivity index (χ1v) is 8.64. The van der Waals surface area contributed by atoms with Crippen molar-refractivity contribution in [3.05, 3.63) is 96.1 Å². The topological polar surface area (TPSA) is 84.0 Å². The van der Waals surface area contributed by atoms with E-state index in [4.69, 9.17) is 0 Å². The maximum Gasteiger partial charge on any atom is 0.237 e. The molecule has 0 saturated heterocycles. The zero-order valence-electron chi connectivity index (χ0n) is 14.7. The Labute approximate surface area is 157 Å². The number of aromatic nitrogens is 2. The van der Waals surface area contributed by atoms with Gasteiger partial charge in [-0.2, -0.15) is 0 Å². The summed E-state index contributed by atoms with van der Waals surface area (Å²) in [5, 5.41) is 5.60. The third-order valence-corrected chi connectivity index (χ3v) is 4.00. The van der Waals surface area contributed by atoms with Gasteiger partial charge in [0.25, 0.3) is 0 Å². The van der Waals surface area contributed by atoms with E-state index in [1.165, 1.54) is 0 Å². The Bertz CT molecular complexity index is 815. The zero-order valence-corrected chi connectivity index (χ0v) is 14.7. The minimum Gasteiger partial charge on any atom is -0.349 e. The minimum absolute atomic E-state index is 0.260. The SMILES string of the molecule is O=C(NCc1ccccn1)C(C(=O)NCc1ccccn1)c1ccccc1. The second-order valence-corrected chi connectivity index (χ2v) is 5.92. The van der Waals surface area contributed by atoms with Gasteiger partial charge in [-0.3, -0.25) is 19.6 Å². The molecule has 2 N–H and O–H groups in total. The third kappa shape index (κ3) is 5.22. The van der Waals surface area contributed by atoms with Crippen LogP contribution in [0.2, 0.25) is 0 Å². The van der Waals surface area contributed by atoms with E-state index in [1.807, 2.05) is 42.5 Å². The number of benzene rings is 1. The molecule has 0 aliphatic heterocycles. The van der Waals surface area contributed by atoms with Gasteiger partial charge in [0.2, 0.25) is 11.8 Å². The van der Waals surface area contributed by atoms with Crippen LogP contribution in [0.25, 0.3) is 0 Å². The molecule has 3 aromatic rings. The molecule has 0 bridgehead atoms. The van der Waals surface area contributed by atoms with Gasteiger partial charge in [0.05, 0.1) is 24.5 Å². The first-order valence-electron chi connectivity index (χ1n) is 8.64. The van der Waals surface area contributed by atoms with E-state index < -0.39 is 5.92 Å². The van der Waals surface area contributed by atoms with Gasteiger partial charge in [-0.1, -0.05) is 42.5 Å². The molecule has 0 aliphatic carbocycles. The average Bonchev–Trinajstić information content (AvgIpc) is 2.73. The molecule has 2 amide bonds. The van der Waals surface area contributed by atoms with Crippen molar-refractivity contribution in [3.63, 3.8) is 0 Å². The predicted molar refractivity (Wildman–Crippen MR) is 101 cm³/mol. The van der Waals surface area contributed by atoms with Crippen LogP contribution in [0.5, 0.6) is 0 Å². The maximum atomic E-state index is 12.8. The summed E-state index contributed by atoms with van der Waals surface area (Å²) in [5.74, 6) is -1.69. The molecule has 0 radical (unpaired) electrons. The second kappa shape index (κ2) is 9.24. The summed E-state index contributed by atoms with van der Waals surface area (Å²) < 4.78 is 0. The van der Waals surface area contributed by atoms with Crippen molar-refractivity contribution in [2.24, 2.45) is 0 Å². The number of rotatable bonds is 7. The summed E-state index contributed by atoms with van der Waals surface area (Å²) in [5.41, 5.74) is 2.09. The van der Waals surface area contributed by atoms with Gasteiger partial charge >= 0.3 is 0 Å². The normalized spacial score (nSPS) is 10.4. The van der Waals surface area contributed by atoms with E-state index in [1.54, 1.807) is 36.7 Å². The molecule has 27 heavy (non-hydrogen) atoms. The first kappa shape index (κ1) is 18.3. The molecular formula is C21H20N4O2. The zero-order chi connectivity index (χ0) is 18.9. The molecule has 6 nitrogen and oxygen atoms in total.